The van der Waals surface area contributed by atoms with E-state index in [9.17, 15) is 4.79 Å². The number of hydrogen-bond donors (Lipinski definition) is 1. The van der Waals surface area contributed by atoms with E-state index in [2.05, 4.69) is 52.5 Å². The normalized spacial score (nSPS) is 14.7. The number of hydrogen-bond acceptors (Lipinski definition) is 2. The number of aryl methyl sites for hydroxylation is 2. The lowest BCUT2D eigenvalue weighted by Gasteiger charge is -2.31. The van der Waals surface area contributed by atoms with Crippen LogP contribution < -0.4 is 10.1 Å². The predicted molar refractivity (Wildman–Crippen MR) is 136 cm³/mol. The summed E-state index contributed by atoms with van der Waals surface area (Å²) in [6.45, 7) is 7.13. The molecule has 5 nitrogen and oxygen atoms in total. The highest BCUT2D eigenvalue weighted by Crippen LogP contribution is 2.37. The Morgan fingerprint density at radius 3 is 2.59 bits per heavy atom. The highest BCUT2D eigenvalue weighted by molar-refractivity contribution is 5.91. The molecule has 34 heavy (non-hydrogen) atoms. The van der Waals surface area contributed by atoms with Crippen molar-refractivity contribution < 1.29 is 9.53 Å². The van der Waals surface area contributed by atoms with Gasteiger partial charge in [0.05, 0.1) is 24.9 Å². The minimum Gasteiger partial charge on any atom is -0.494 e. The molecule has 1 aromatic heterocycles. The van der Waals surface area contributed by atoms with Crippen molar-refractivity contribution in [2.45, 2.75) is 33.4 Å². The van der Waals surface area contributed by atoms with E-state index in [0.717, 1.165) is 45.1 Å². The molecule has 2 heterocycles. The third kappa shape index (κ3) is 4.05. The van der Waals surface area contributed by atoms with Gasteiger partial charge in [-0.2, -0.15) is 0 Å². The topological polar surface area (TPSA) is 46.5 Å². The quantitative estimate of drug-likeness (QED) is 0.378. The minimum atomic E-state index is -0.261. The van der Waals surface area contributed by atoms with Crippen LogP contribution in [0.2, 0.25) is 0 Å². The zero-order valence-electron chi connectivity index (χ0n) is 19.8. The fourth-order valence-corrected chi connectivity index (χ4v) is 4.66. The van der Waals surface area contributed by atoms with Gasteiger partial charge in [-0.3, -0.25) is 0 Å². The lowest BCUT2D eigenvalue weighted by molar-refractivity contribution is 0.194. The van der Waals surface area contributed by atoms with E-state index in [4.69, 9.17) is 4.74 Å². The highest BCUT2D eigenvalue weighted by Gasteiger charge is 2.33. The molecule has 1 atom stereocenters. The number of nitrogens with one attached hydrogen (secondary N) is 1. The summed E-state index contributed by atoms with van der Waals surface area (Å²) in [6.07, 6.45) is 2.07. The van der Waals surface area contributed by atoms with Gasteiger partial charge in [-0.15, -0.1) is 0 Å². The number of rotatable bonds is 4. The minimum absolute atomic E-state index is 0.128. The van der Waals surface area contributed by atoms with Crippen LogP contribution in [-0.4, -0.2) is 22.1 Å². The van der Waals surface area contributed by atoms with Crippen LogP contribution in [0.5, 0.6) is 5.75 Å². The largest absolute Gasteiger partial charge is 0.494 e. The van der Waals surface area contributed by atoms with Crippen molar-refractivity contribution in [2.75, 3.05) is 11.9 Å². The molecule has 0 radical (unpaired) electrons. The third-order valence-corrected chi connectivity index (χ3v) is 6.37. The Balaban J connectivity index is 1.61. The fraction of sp³-hybridized carbons (Fsp3) is 0.207. The molecule has 5 heteroatoms. The lowest BCUT2D eigenvalue weighted by atomic mass is 10.0. The monoisotopic (exact) mass is 451 g/mol. The smallest absolute Gasteiger partial charge is 0.322 e. The lowest BCUT2D eigenvalue weighted by Crippen LogP contribution is -2.38. The van der Waals surface area contributed by atoms with E-state index < -0.39 is 0 Å². The summed E-state index contributed by atoms with van der Waals surface area (Å²) in [5.74, 6) is 0.824. The summed E-state index contributed by atoms with van der Waals surface area (Å²) >= 11 is 0. The van der Waals surface area contributed by atoms with Crippen molar-refractivity contribution in [3.63, 3.8) is 0 Å². The number of fused-ring (bicyclic) bond motifs is 3. The number of nitrogens with zero attached hydrogens (tertiary/aromatic N) is 2. The molecule has 172 valence electrons. The maximum absolute atomic E-state index is 13.9. The predicted octanol–water partition coefficient (Wildman–Crippen LogP) is 6.63. The van der Waals surface area contributed by atoms with E-state index in [1.807, 2.05) is 68.1 Å². The van der Waals surface area contributed by atoms with E-state index in [1.165, 1.54) is 0 Å². The number of anilines is 1. The first-order chi connectivity index (χ1) is 16.5. The summed E-state index contributed by atoms with van der Waals surface area (Å²) in [5, 5.41) is 3.19. The SMILES string of the molecule is CCOc1ccc(C2c3cccn3-c3ccccc3CN2C(=O)Nc2cc(C)ccc2C)cc1. The molecular formula is C29H29N3O2. The number of amides is 2. The Bertz CT molecular complexity index is 1320. The molecule has 0 spiro atoms. The fourth-order valence-electron chi connectivity index (χ4n) is 4.66. The Labute approximate surface area is 200 Å². The molecule has 0 saturated carbocycles. The average molecular weight is 452 g/mol. The first-order valence-corrected chi connectivity index (χ1v) is 11.7. The van der Waals surface area contributed by atoms with Gasteiger partial charge < -0.3 is 19.5 Å². The first-order valence-electron chi connectivity index (χ1n) is 11.7. The van der Waals surface area contributed by atoms with Crippen molar-refractivity contribution in [3.05, 3.63) is 113 Å². The number of benzene rings is 3. The van der Waals surface area contributed by atoms with Crippen LogP contribution in [-0.2, 0) is 6.54 Å². The van der Waals surface area contributed by atoms with Crippen molar-refractivity contribution in [3.8, 4) is 11.4 Å². The van der Waals surface area contributed by atoms with Gasteiger partial charge in [0, 0.05) is 17.6 Å². The zero-order chi connectivity index (χ0) is 23.7. The van der Waals surface area contributed by atoms with E-state index in [1.54, 1.807) is 0 Å². The molecule has 1 N–H and O–H groups in total. The van der Waals surface area contributed by atoms with Crippen molar-refractivity contribution in [1.82, 2.24) is 9.47 Å². The summed E-state index contributed by atoms with van der Waals surface area (Å²) in [6, 6.07) is 26.2. The summed E-state index contributed by atoms with van der Waals surface area (Å²) in [7, 11) is 0. The average Bonchev–Trinajstić information content (AvgIpc) is 3.26. The Kier molecular flexibility index (Phi) is 5.84. The number of carbonyl (C=O) groups is 1. The molecule has 1 aliphatic heterocycles. The molecule has 0 fully saturated rings. The van der Waals surface area contributed by atoms with Gasteiger partial charge >= 0.3 is 6.03 Å². The van der Waals surface area contributed by atoms with E-state index >= 15 is 0 Å². The Morgan fingerprint density at radius 2 is 1.79 bits per heavy atom. The number of carbonyl (C=O) groups excluding carboxylic acids is 1. The first kappa shape index (κ1) is 21.8. The molecule has 3 aromatic carbocycles. The molecule has 0 bridgehead atoms. The molecular weight excluding hydrogens is 422 g/mol. The number of ether oxygens (including phenoxy) is 1. The third-order valence-electron chi connectivity index (χ3n) is 6.37. The van der Waals surface area contributed by atoms with Gasteiger partial charge in [-0.05, 0) is 79.4 Å². The molecule has 0 aliphatic carbocycles. The van der Waals surface area contributed by atoms with Crippen molar-refractivity contribution in [2.24, 2.45) is 0 Å². The Morgan fingerprint density at radius 1 is 1.00 bits per heavy atom. The van der Waals surface area contributed by atoms with Gasteiger partial charge in [-0.25, -0.2) is 4.79 Å². The van der Waals surface area contributed by atoms with Crippen LogP contribution in [0.25, 0.3) is 5.69 Å². The summed E-state index contributed by atoms with van der Waals surface area (Å²) in [4.78, 5) is 15.8. The second-order valence-electron chi connectivity index (χ2n) is 8.71. The Hall–Kier alpha value is -3.99. The van der Waals surface area contributed by atoms with Crippen LogP contribution in [0.15, 0.2) is 85.1 Å². The van der Waals surface area contributed by atoms with Gasteiger partial charge in [0.25, 0.3) is 0 Å². The number of para-hydroxylation sites is 1. The van der Waals surface area contributed by atoms with E-state index in [-0.39, 0.29) is 12.1 Å². The second-order valence-corrected chi connectivity index (χ2v) is 8.71. The second kappa shape index (κ2) is 9.10. The molecule has 5 rings (SSSR count). The van der Waals surface area contributed by atoms with Gasteiger partial charge in [0.2, 0.25) is 0 Å². The molecule has 1 unspecified atom stereocenters. The maximum atomic E-state index is 13.9. The van der Waals surface area contributed by atoms with Crippen LogP contribution in [0.4, 0.5) is 10.5 Å². The van der Waals surface area contributed by atoms with Crippen LogP contribution in [0, 0.1) is 13.8 Å². The van der Waals surface area contributed by atoms with Crippen molar-refractivity contribution >= 4 is 11.7 Å². The maximum Gasteiger partial charge on any atom is 0.322 e. The van der Waals surface area contributed by atoms with Crippen molar-refractivity contribution in [1.29, 1.82) is 0 Å². The number of aromatic nitrogens is 1. The van der Waals surface area contributed by atoms with Gasteiger partial charge in [0.1, 0.15) is 5.75 Å². The van der Waals surface area contributed by atoms with Gasteiger partial charge in [-0.1, -0.05) is 42.5 Å². The van der Waals surface area contributed by atoms with Crippen LogP contribution in [0.1, 0.15) is 40.9 Å². The molecule has 0 saturated heterocycles. The van der Waals surface area contributed by atoms with E-state index in [0.29, 0.717) is 13.2 Å². The molecule has 1 aliphatic rings. The van der Waals surface area contributed by atoms with Crippen LogP contribution >= 0.6 is 0 Å². The molecule has 2 amide bonds. The standard InChI is InChI=1S/C29H29N3O2/c1-4-34-24-15-13-22(14-16-24)28-27-10-7-17-31(27)26-9-6-5-8-23(26)19-32(28)29(33)30-25-18-20(2)11-12-21(25)3/h5-18,28H,4,19H2,1-3H3,(H,30,33). The zero-order valence-corrected chi connectivity index (χ0v) is 19.8. The van der Waals surface area contributed by atoms with Crippen LogP contribution in [0.3, 0.4) is 0 Å². The summed E-state index contributed by atoms with van der Waals surface area (Å²) in [5.41, 5.74) is 7.26. The van der Waals surface area contributed by atoms with Gasteiger partial charge in [0.15, 0.2) is 0 Å². The number of urea groups is 1. The highest BCUT2D eigenvalue weighted by atomic mass is 16.5. The summed E-state index contributed by atoms with van der Waals surface area (Å²) < 4.78 is 7.85. The molecule has 4 aromatic rings.